The maximum atomic E-state index is 12.2. The van der Waals surface area contributed by atoms with E-state index in [0.29, 0.717) is 13.0 Å². The van der Waals surface area contributed by atoms with Crippen molar-refractivity contribution in [1.82, 2.24) is 10.6 Å². The third-order valence-electron chi connectivity index (χ3n) is 4.76. The number of hydrogen-bond acceptors (Lipinski definition) is 3. The average molecular weight is 381 g/mol. The summed E-state index contributed by atoms with van der Waals surface area (Å²) in [6, 6.07) is 13.4. The highest BCUT2D eigenvalue weighted by atomic mass is 16.4. The number of hydrogen-bond donors (Lipinski definition) is 3. The molecular weight excluding hydrogens is 358 g/mol. The van der Waals surface area contributed by atoms with Gasteiger partial charge in [-0.2, -0.15) is 0 Å². The molecule has 2 aromatic carbocycles. The number of carbonyl (C=O) groups is 3. The molecule has 1 heterocycles. The van der Waals surface area contributed by atoms with Crippen molar-refractivity contribution in [2.75, 3.05) is 11.4 Å². The Kier molecular flexibility index (Phi) is 5.93. The second-order valence-electron chi connectivity index (χ2n) is 6.79. The van der Waals surface area contributed by atoms with E-state index in [0.717, 1.165) is 29.8 Å². The van der Waals surface area contributed by atoms with E-state index in [4.69, 9.17) is 5.11 Å². The number of anilines is 1. The number of carbonyl (C=O) groups excluding carboxylic acids is 2. The van der Waals surface area contributed by atoms with Crippen LogP contribution in [0.2, 0.25) is 0 Å². The Hall–Kier alpha value is -3.35. The fourth-order valence-corrected chi connectivity index (χ4v) is 3.16. The van der Waals surface area contributed by atoms with E-state index in [1.165, 1.54) is 12.1 Å². The maximum absolute atomic E-state index is 12.2. The van der Waals surface area contributed by atoms with Crippen LogP contribution in [0.25, 0.3) is 0 Å². The molecule has 28 heavy (non-hydrogen) atoms. The van der Waals surface area contributed by atoms with Crippen LogP contribution >= 0.6 is 0 Å². The summed E-state index contributed by atoms with van der Waals surface area (Å²) < 4.78 is 0. The molecule has 0 bridgehead atoms. The number of rotatable bonds is 6. The first-order valence-corrected chi connectivity index (χ1v) is 9.21. The fraction of sp³-hybridized carbons (Fsp3) is 0.286. The number of aromatic carboxylic acids is 1. The van der Waals surface area contributed by atoms with Gasteiger partial charge in [-0.15, -0.1) is 0 Å². The number of nitrogens with one attached hydrogen (secondary N) is 2. The highest BCUT2D eigenvalue weighted by Crippen LogP contribution is 2.24. The molecule has 3 amide bonds. The highest BCUT2D eigenvalue weighted by Gasteiger charge is 2.22. The summed E-state index contributed by atoms with van der Waals surface area (Å²) in [6.45, 7) is 2.90. The first kappa shape index (κ1) is 19.4. The lowest BCUT2D eigenvalue weighted by molar-refractivity contribution is -0.117. The molecule has 146 valence electrons. The van der Waals surface area contributed by atoms with Crippen molar-refractivity contribution >= 4 is 23.6 Å². The molecule has 0 radical (unpaired) electrons. The molecule has 7 heteroatoms. The molecular formula is C21H23N3O4. The van der Waals surface area contributed by atoms with E-state index in [9.17, 15) is 14.4 Å². The van der Waals surface area contributed by atoms with E-state index >= 15 is 0 Å². The summed E-state index contributed by atoms with van der Waals surface area (Å²) >= 11 is 0. The van der Waals surface area contributed by atoms with Crippen molar-refractivity contribution in [3.8, 4) is 0 Å². The van der Waals surface area contributed by atoms with Gasteiger partial charge in [-0.05, 0) is 48.7 Å². The Balaban J connectivity index is 1.55. The Labute approximate surface area is 163 Å². The van der Waals surface area contributed by atoms with Gasteiger partial charge in [-0.3, -0.25) is 4.79 Å². The zero-order chi connectivity index (χ0) is 20.1. The Morgan fingerprint density at radius 2 is 1.93 bits per heavy atom. The van der Waals surface area contributed by atoms with Crippen LogP contribution in [0.4, 0.5) is 10.5 Å². The van der Waals surface area contributed by atoms with Gasteiger partial charge in [0.05, 0.1) is 11.6 Å². The van der Waals surface area contributed by atoms with E-state index in [1.807, 2.05) is 31.2 Å². The number of urea groups is 1. The van der Waals surface area contributed by atoms with E-state index in [1.54, 1.807) is 17.0 Å². The van der Waals surface area contributed by atoms with Crippen LogP contribution in [0.15, 0.2) is 48.5 Å². The van der Waals surface area contributed by atoms with Gasteiger partial charge in [0.25, 0.3) is 0 Å². The van der Waals surface area contributed by atoms with Gasteiger partial charge >= 0.3 is 12.0 Å². The predicted octanol–water partition coefficient (Wildman–Crippen LogP) is 3.07. The highest BCUT2D eigenvalue weighted by molar-refractivity contribution is 5.95. The van der Waals surface area contributed by atoms with Gasteiger partial charge in [0, 0.05) is 25.2 Å². The summed E-state index contributed by atoms with van der Waals surface area (Å²) in [4.78, 5) is 36.7. The van der Waals surface area contributed by atoms with Gasteiger partial charge in [0.1, 0.15) is 0 Å². The quantitative estimate of drug-likeness (QED) is 0.716. The van der Waals surface area contributed by atoms with Gasteiger partial charge in [0.2, 0.25) is 5.91 Å². The van der Waals surface area contributed by atoms with Gasteiger partial charge < -0.3 is 20.6 Å². The summed E-state index contributed by atoms with van der Waals surface area (Å²) in [6.07, 6.45) is 1.45. The van der Waals surface area contributed by atoms with Crippen LogP contribution in [0.1, 0.15) is 47.3 Å². The molecule has 1 fully saturated rings. The zero-order valence-electron chi connectivity index (χ0n) is 15.6. The SMILES string of the molecule is CC(NC(=O)NCc1ccc(C(=O)O)cc1)c1cccc(N2CCCC2=O)c1. The van der Waals surface area contributed by atoms with E-state index in [2.05, 4.69) is 10.6 Å². The molecule has 1 saturated heterocycles. The molecule has 0 saturated carbocycles. The summed E-state index contributed by atoms with van der Waals surface area (Å²) in [5.74, 6) is -0.853. The topological polar surface area (TPSA) is 98.7 Å². The molecule has 3 N–H and O–H groups in total. The zero-order valence-corrected chi connectivity index (χ0v) is 15.6. The molecule has 1 aliphatic rings. The second kappa shape index (κ2) is 8.56. The average Bonchev–Trinajstić information content (AvgIpc) is 3.12. The van der Waals surface area contributed by atoms with Crippen LogP contribution in [0.5, 0.6) is 0 Å². The fourth-order valence-electron chi connectivity index (χ4n) is 3.16. The first-order chi connectivity index (χ1) is 13.4. The molecule has 7 nitrogen and oxygen atoms in total. The van der Waals surface area contributed by atoms with Gasteiger partial charge in [0.15, 0.2) is 0 Å². The number of nitrogens with zero attached hydrogens (tertiary/aromatic N) is 1. The smallest absolute Gasteiger partial charge is 0.335 e. The van der Waals surface area contributed by atoms with Crippen molar-refractivity contribution in [2.24, 2.45) is 0 Å². The number of carboxylic acids is 1. The predicted molar refractivity (Wildman–Crippen MR) is 105 cm³/mol. The Morgan fingerprint density at radius 3 is 2.57 bits per heavy atom. The van der Waals surface area contributed by atoms with Crippen molar-refractivity contribution < 1.29 is 19.5 Å². The van der Waals surface area contributed by atoms with Crippen LogP contribution in [0, 0.1) is 0 Å². The molecule has 0 aromatic heterocycles. The lowest BCUT2D eigenvalue weighted by atomic mass is 10.1. The Bertz CT molecular complexity index is 879. The summed E-state index contributed by atoms with van der Waals surface area (Å²) in [7, 11) is 0. The summed E-state index contributed by atoms with van der Waals surface area (Å²) in [5.41, 5.74) is 2.78. The largest absolute Gasteiger partial charge is 0.478 e. The van der Waals surface area contributed by atoms with Crippen LogP contribution < -0.4 is 15.5 Å². The number of benzene rings is 2. The third-order valence-corrected chi connectivity index (χ3v) is 4.76. The lowest BCUT2D eigenvalue weighted by Crippen LogP contribution is -2.36. The minimum Gasteiger partial charge on any atom is -0.478 e. The van der Waals surface area contributed by atoms with Crippen molar-refractivity contribution in [3.05, 3.63) is 65.2 Å². The van der Waals surface area contributed by atoms with Crippen LogP contribution in [-0.2, 0) is 11.3 Å². The van der Waals surface area contributed by atoms with E-state index in [-0.39, 0.29) is 23.5 Å². The maximum Gasteiger partial charge on any atom is 0.335 e. The van der Waals surface area contributed by atoms with Crippen molar-refractivity contribution in [3.63, 3.8) is 0 Å². The molecule has 3 rings (SSSR count). The Morgan fingerprint density at radius 1 is 1.18 bits per heavy atom. The molecule has 1 atom stereocenters. The number of carboxylic acid groups (broad SMARTS) is 1. The first-order valence-electron chi connectivity index (χ1n) is 9.21. The van der Waals surface area contributed by atoms with Crippen molar-refractivity contribution in [2.45, 2.75) is 32.4 Å². The molecule has 1 unspecified atom stereocenters. The van der Waals surface area contributed by atoms with Crippen LogP contribution in [0.3, 0.4) is 0 Å². The van der Waals surface area contributed by atoms with E-state index < -0.39 is 5.97 Å². The minimum absolute atomic E-state index is 0.129. The lowest BCUT2D eigenvalue weighted by Gasteiger charge is -2.20. The molecule has 0 aliphatic carbocycles. The minimum atomic E-state index is -0.982. The normalized spacial score (nSPS) is 14.6. The third kappa shape index (κ3) is 4.68. The van der Waals surface area contributed by atoms with Crippen molar-refractivity contribution in [1.29, 1.82) is 0 Å². The second-order valence-corrected chi connectivity index (χ2v) is 6.79. The van der Waals surface area contributed by atoms with Crippen LogP contribution in [-0.4, -0.2) is 29.6 Å². The van der Waals surface area contributed by atoms with Gasteiger partial charge in [-0.25, -0.2) is 9.59 Å². The van der Waals surface area contributed by atoms with Gasteiger partial charge in [-0.1, -0.05) is 24.3 Å². The summed E-state index contributed by atoms with van der Waals surface area (Å²) in [5, 5.41) is 14.5. The standard InChI is InChI=1S/C21H23N3O4/c1-14(17-4-2-5-18(12-17)24-11-3-6-19(24)25)23-21(28)22-13-15-7-9-16(10-8-15)20(26)27/h2,4-5,7-10,12,14H,3,6,11,13H2,1H3,(H,26,27)(H2,22,23,28). The molecule has 1 aliphatic heterocycles. The molecule has 2 aromatic rings. The monoisotopic (exact) mass is 381 g/mol. The number of amides is 3. The molecule has 0 spiro atoms.